The van der Waals surface area contributed by atoms with Gasteiger partial charge in [0.2, 0.25) is 11.8 Å². The zero-order valence-electron chi connectivity index (χ0n) is 22.9. The maximum Gasteiger partial charge on any atom is 0.246 e. The molecule has 0 radical (unpaired) electrons. The highest BCUT2D eigenvalue weighted by atomic mass is 16.2. The Morgan fingerprint density at radius 3 is 1.90 bits per heavy atom. The van der Waals surface area contributed by atoms with Gasteiger partial charge in [0.15, 0.2) is 0 Å². The number of rotatable bonds is 11. The topological polar surface area (TPSA) is 52.7 Å². The minimum absolute atomic E-state index is 0.0162. The standard InChI is InChI=1S/C34H41N3O2/c38-32-26-35-33(39)34(37(32)27-31(29-17-9-4-10-18-29)30-19-11-5-12-20-30)21-24-36(25-22-34)23-13-2-1-6-14-28-15-7-3-8-16-28/h3-5,7-12,15-20,31H,1-2,6,13-14,21-27H2,(H,35,39). The van der Waals surface area contributed by atoms with Crippen molar-refractivity contribution < 1.29 is 9.59 Å². The molecule has 3 aromatic carbocycles. The van der Waals surface area contributed by atoms with Gasteiger partial charge in [-0.1, -0.05) is 104 Å². The molecule has 3 aromatic rings. The van der Waals surface area contributed by atoms with Crippen LogP contribution in [0.1, 0.15) is 61.1 Å². The molecule has 0 bridgehead atoms. The number of amides is 2. The van der Waals surface area contributed by atoms with E-state index in [4.69, 9.17) is 0 Å². The first kappa shape index (κ1) is 27.1. The Kier molecular flexibility index (Phi) is 9.10. The Hall–Kier alpha value is -3.44. The number of piperidine rings is 1. The predicted octanol–water partition coefficient (Wildman–Crippen LogP) is 5.41. The molecule has 1 spiro atoms. The average Bonchev–Trinajstić information content (AvgIpc) is 2.99. The fourth-order valence-corrected chi connectivity index (χ4v) is 6.32. The zero-order valence-corrected chi connectivity index (χ0v) is 22.9. The first-order chi connectivity index (χ1) is 19.2. The van der Waals surface area contributed by atoms with Gasteiger partial charge in [0, 0.05) is 25.6 Å². The van der Waals surface area contributed by atoms with Crippen LogP contribution >= 0.6 is 0 Å². The van der Waals surface area contributed by atoms with Crippen molar-refractivity contribution in [1.29, 1.82) is 0 Å². The van der Waals surface area contributed by atoms with Gasteiger partial charge >= 0.3 is 0 Å². The number of aryl methyl sites for hydroxylation is 1. The van der Waals surface area contributed by atoms with Crippen LogP contribution in [0, 0.1) is 0 Å². The summed E-state index contributed by atoms with van der Waals surface area (Å²) in [4.78, 5) is 31.2. The van der Waals surface area contributed by atoms with Crippen LogP contribution in [0.2, 0.25) is 0 Å². The van der Waals surface area contributed by atoms with Crippen LogP contribution in [0.5, 0.6) is 0 Å². The Balaban J connectivity index is 1.19. The third kappa shape index (κ3) is 6.59. The molecule has 39 heavy (non-hydrogen) atoms. The molecule has 2 aliphatic heterocycles. The normalized spacial score (nSPS) is 17.5. The number of hydrogen-bond donors (Lipinski definition) is 1. The maximum atomic E-state index is 13.4. The first-order valence-electron chi connectivity index (χ1n) is 14.6. The Labute approximate surface area is 233 Å². The van der Waals surface area contributed by atoms with E-state index < -0.39 is 5.54 Å². The van der Waals surface area contributed by atoms with Crippen molar-refractivity contribution in [2.75, 3.05) is 32.7 Å². The molecule has 5 rings (SSSR count). The fourth-order valence-electron chi connectivity index (χ4n) is 6.32. The molecule has 204 valence electrons. The summed E-state index contributed by atoms with van der Waals surface area (Å²) >= 11 is 0. The summed E-state index contributed by atoms with van der Waals surface area (Å²) in [5.74, 6) is 0.0638. The smallest absolute Gasteiger partial charge is 0.246 e. The molecule has 5 nitrogen and oxygen atoms in total. The number of unbranched alkanes of at least 4 members (excludes halogenated alkanes) is 3. The Morgan fingerprint density at radius 2 is 1.28 bits per heavy atom. The van der Waals surface area contributed by atoms with Crippen molar-refractivity contribution >= 4 is 11.8 Å². The van der Waals surface area contributed by atoms with Crippen molar-refractivity contribution in [3.8, 4) is 0 Å². The molecule has 0 aliphatic carbocycles. The molecule has 1 N–H and O–H groups in total. The van der Waals surface area contributed by atoms with E-state index >= 15 is 0 Å². The summed E-state index contributed by atoms with van der Waals surface area (Å²) in [5.41, 5.74) is 3.00. The quantitative estimate of drug-likeness (QED) is 0.342. The summed E-state index contributed by atoms with van der Waals surface area (Å²) in [6, 6.07) is 31.5. The van der Waals surface area contributed by atoms with Gasteiger partial charge < -0.3 is 15.1 Å². The highest BCUT2D eigenvalue weighted by molar-refractivity contribution is 5.98. The van der Waals surface area contributed by atoms with Gasteiger partial charge in [-0.25, -0.2) is 0 Å². The number of carbonyl (C=O) groups is 2. The number of carbonyl (C=O) groups excluding carboxylic acids is 2. The van der Waals surface area contributed by atoms with Crippen molar-refractivity contribution in [1.82, 2.24) is 15.1 Å². The summed E-state index contributed by atoms with van der Waals surface area (Å²) in [7, 11) is 0. The maximum absolute atomic E-state index is 13.4. The van der Waals surface area contributed by atoms with E-state index in [0.717, 1.165) is 26.1 Å². The summed E-state index contributed by atoms with van der Waals surface area (Å²) in [6.45, 7) is 3.37. The Bertz CT molecular complexity index is 1150. The second kappa shape index (κ2) is 13.1. The minimum atomic E-state index is -0.761. The number of benzene rings is 3. The number of nitrogens with zero attached hydrogens (tertiary/aromatic N) is 2. The molecule has 0 saturated carbocycles. The molecular formula is C34H41N3O2. The summed E-state index contributed by atoms with van der Waals surface area (Å²) in [6.07, 6.45) is 7.42. The van der Waals surface area contributed by atoms with Gasteiger partial charge in [0.05, 0.1) is 6.54 Å². The van der Waals surface area contributed by atoms with E-state index in [1.165, 1.54) is 42.4 Å². The first-order valence-corrected chi connectivity index (χ1v) is 14.6. The van der Waals surface area contributed by atoms with E-state index in [9.17, 15) is 9.59 Å². The van der Waals surface area contributed by atoms with Crippen LogP contribution in [0.3, 0.4) is 0 Å². The molecule has 2 amide bonds. The number of piperazine rings is 1. The largest absolute Gasteiger partial charge is 0.345 e. The third-order valence-electron chi connectivity index (χ3n) is 8.63. The van der Waals surface area contributed by atoms with Crippen molar-refractivity contribution in [2.24, 2.45) is 0 Å². The van der Waals surface area contributed by atoms with E-state index in [2.05, 4.69) is 64.8 Å². The lowest BCUT2D eigenvalue weighted by Gasteiger charge is -2.50. The monoisotopic (exact) mass is 523 g/mol. The molecule has 0 atom stereocenters. The minimum Gasteiger partial charge on any atom is -0.345 e. The SMILES string of the molecule is O=C1CNC(=O)C2(CCN(CCCCCCc3ccccc3)CC2)N1CC(c1ccccc1)c1ccccc1. The van der Waals surface area contributed by atoms with Gasteiger partial charge in [-0.3, -0.25) is 9.59 Å². The zero-order chi connectivity index (χ0) is 26.9. The van der Waals surface area contributed by atoms with Crippen LogP contribution in [-0.2, 0) is 16.0 Å². The lowest BCUT2D eigenvalue weighted by molar-refractivity contribution is -0.157. The van der Waals surface area contributed by atoms with Gasteiger partial charge in [-0.05, 0) is 55.3 Å². The molecule has 2 heterocycles. The van der Waals surface area contributed by atoms with Crippen LogP contribution in [-0.4, -0.2) is 59.9 Å². The second-order valence-electron chi connectivity index (χ2n) is 11.1. The van der Waals surface area contributed by atoms with Gasteiger partial charge in [0.1, 0.15) is 5.54 Å². The molecule has 0 aromatic heterocycles. The van der Waals surface area contributed by atoms with Crippen LogP contribution in [0.4, 0.5) is 0 Å². The van der Waals surface area contributed by atoms with Crippen molar-refractivity contribution in [2.45, 2.75) is 56.4 Å². The number of likely N-dealkylation sites (tertiary alicyclic amines) is 1. The summed E-state index contributed by atoms with van der Waals surface area (Å²) < 4.78 is 0. The van der Waals surface area contributed by atoms with Crippen LogP contribution in [0.25, 0.3) is 0 Å². The third-order valence-corrected chi connectivity index (χ3v) is 8.63. The van der Waals surface area contributed by atoms with E-state index in [1.807, 2.05) is 41.3 Å². The Morgan fingerprint density at radius 1 is 0.718 bits per heavy atom. The highest BCUT2D eigenvalue weighted by Gasteiger charge is 2.51. The van der Waals surface area contributed by atoms with Crippen molar-refractivity contribution in [3.05, 3.63) is 108 Å². The lowest BCUT2D eigenvalue weighted by atomic mass is 9.81. The highest BCUT2D eigenvalue weighted by Crippen LogP contribution is 2.35. The molecule has 2 saturated heterocycles. The van der Waals surface area contributed by atoms with E-state index in [1.54, 1.807) is 0 Å². The predicted molar refractivity (Wildman–Crippen MR) is 156 cm³/mol. The number of hydrogen-bond acceptors (Lipinski definition) is 3. The fraction of sp³-hybridized carbons (Fsp3) is 0.412. The van der Waals surface area contributed by atoms with Crippen LogP contribution < -0.4 is 5.32 Å². The second-order valence-corrected chi connectivity index (χ2v) is 11.1. The summed E-state index contributed by atoms with van der Waals surface area (Å²) in [5, 5.41) is 2.92. The molecule has 5 heteroatoms. The van der Waals surface area contributed by atoms with Crippen molar-refractivity contribution in [3.63, 3.8) is 0 Å². The lowest BCUT2D eigenvalue weighted by Crippen LogP contribution is -2.70. The van der Waals surface area contributed by atoms with Gasteiger partial charge in [-0.2, -0.15) is 0 Å². The molecule has 0 unspecified atom stereocenters. The molecule has 2 fully saturated rings. The van der Waals surface area contributed by atoms with Gasteiger partial charge in [-0.15, -0.1) is 0 Å². The van der Waals surface area contributed by atoms with E-state index in [-0.39, 0.29) is 24.3 Å². The van der Waals surface area contributed by atoms with Gasteiger partial charge in [0.25, 0.3) is 0 Å². The van der Waals surface area contributed by atoms with Crippen LogP contribution in [0.15, 0.2) is 91.0 Å². The number of nitrogens with one attached hydrogen (secondary N) is 1. The molecule has 2 aliphatic rings. The molecular weight excluding hydrogens is 482 g/mol. The van der Waals surface area contributed by atoms with E-state index in [0.29, 0.717) is 19.4 Å². The average molecular weight is 524 g/mol.